The van der Waals surface area contributed by atoms with Crippen molar-refractivity contribution in [2.45, 2.75) is 98.0 Å². The van der Waals surface area contributed by atoms with Gasteiger partial charge in [-0.25, -0.2) is 0 Å². The van der Waals surface area contributed by atoms with Crippen molar-refractivity contribution in [3.05, 3.63) is 11.6 Å². The van der Waals surface area contributed by atoms with E-state index in [4.69, 9.17) is 0 Å². The third-order valence-corrected chi connectivity index (χ3v) is 10.2. The minimum atomic E-state index is -0.263. The highest BCUT2D eigenvalue weighted by Gasteiger charge is 2.61. The summed E-state index contributed by atoms with van der Waals surface area (Å²) in [5.41, 5.74) is 1.64. The first-order valence-corrected chi connectivity index (χ1v) is 12.6. The van der Waals surface area contributed by atoms with Gasteiger partial charge >= 0.3 is 0 Å². The van der Waals surface area contributed by atoms with Gasteiger partial charge in [0, 0.05) is 11.8 Å². The molecular weight excluding hydrogens is 372 g/mol. The molecule has 3 saturated carbocycles. The van der Waals surface area contributed by atoms with Crippen molar-refractivity contribution in [2.75, 3.05) is 0 Å². The minimum Gasteiger partial charge on any atom is -0.393 e. The van der Waals surface area contributed by atoms with Crippen LogP contribution >= 0.6 is 0 Å². The van der Waals surface area contributed by atoms with Crippen LogP contribution in [0.3, 0.4) is 0 Å². The van der Waals surface area contributed by atoms with Crippen LogP contribution in [0.2, 0.25) is 0 Å². The van der Waals surface area contributed by atoms with Crippen LogP contribution in [0.1, 0.15) is 91.9 Å². The largest absolute Gasteiger partial charge is 0.393 e. The van der Waals surface area contributed by atoms with Gasteiger partial charge in [0.2, 0.25) is 0 Å². The predicted octanol–water partition coefficient (Wildman–Crippen LogP) is 5.75. The monoisotopic (exact) mass is 414 g/mol. The molecule has 3 nitrogen and oxygen atoms in total. The van der Waals surface area contributed by atoms with E-state index in [1.54, 1.807) is 0 Å². The van der Waals surface area contributed by atoms with Crippen LogP contribution in [0, 0.1) is 46.3 Å². The lowest BCUT2D eigenvalue weighted by Gasteiger charge is -2.57. The second-order valence-electron chi connectivity index (χ2n) is 11.9. The van der Waals surface area contributed by atoms with Crippen LogP contribution in [0.4, 0.5) is 0 Å². The summed E-state index contributed by atoms with van der Waals surface area (Å²) in [6.45, 7) is 9.32. The first kappa shape index (κ1) is 22.2. The summed E-state index contributed by atoms with van der Waals surface area (Å²) in [6.07, 6.45) is 13.6. The molecule has 9 unspecified atom stereocenters. The Morgan fingerprint density at radius 2 is 1.87 bits per heavy atom. The van der Waals surface area contributed by atoms with E-state index < -0.39 is 0 Å². The highest BCUT2D eigenvalue weighted by Crippen LogP contribution is 2.66. The number of ketones is 1. The van der Waals surface area contributed by atoms with Crippen LogP contribution in [-0.4, -0.2) is 23.3 Å². The lowest BCUT2D eigenvalue weighted by atomic mass is 9.46. The van der Waals surface area contributed by atoms with Crippen molar-refractivity contribution in [3.8, 4) is 0 Å². The first-order chi connectivity index (χ1) is 14.2. The van der Waals surface area contributed by atoms with Crippen molar-refractivity contribution in [2.24, 2.45) is 46.3 Å². The maximum Gasteiger partial charge on any atom is 0.159 e. The third kappa shape index (κ3) is 3.53. The number of allylic oxidation sites excluding steroid dienone is 1. The molecule has 0 bridgehead atoms. The van der Waals surface area contributed by atoms with Crippen molar-refractivity contribution >= 4 is 12.1 Å². The highest BCUT2D eigenvalue weighted by atomic mass is 16.3. The van der Waals surface area contributed by atoms with E-state index in [0.29, 0.717) is 35.9 Å². The minimum absolute atomic E-state index is 0.119. The van der Waals surface area contributed by atoms with E-state index in [-0.39, 0.29) is 28.8 Å². The molecule has 3 heteroatoms. The van der Waals surface area contributed by atoms with Crippen molar-refractivity contribution in [3.63, 3.8) is 0 Å². The van der Waals surface area contributed by atoms with Crippen LogP contribution in [0.5, 0.6) is 0 Å². The zero-order valence-corrected chi connectivity index (χ0v) is 19.5. The Hall–Kier alpha value is -0.960. The van der Waals surface area contributed by atoms with E-state index in [0.717, 1.165) is 32.0 Å². The summed E-state index contributed by atoms with van der Waals surface area (Å²) < 4.78 is 0. The van der Waals surface area contributed by atoms with E-state index in [2.05, 4.69) is 20.8 Å². The van der Waals surface area contributed by atoms with E-state index >= 15 is 0 Å². The van der Waals surface area contributed by atoms with Gasteiger partial charge in [-0.3, -0.25) is 4.79 Å². The van der Waals surface area contributed by atoms with Crippen molar-refractivity contribution in [1.29, 1.82) is 0 Å². The summed E-state index contributed by atoms with van der Waals surface area (Å²) >= 11 is 0. The van der Waals surface area contributed by atoms with Crippen molar-refractivity contribution < 1.29 is 14.7 Å². The second kappa shape index (κ2) is 8.19. The Morgan fingerprint density at radius 3 is 2.60 bits per heavy atom. The predicted molar refractivity (Wildman–Crippen MR) is 120 cm³/mol. The molecule has 4 aliphatic carbocycles. The van der Waals surface area contributed by atoms with Crippen LogP contribution in [0.15, 0.2) is 11.6 Å². The SMILES string of the molecule is CC(C=O)CCCC(C)C1CCC2C3C(=O)C=C4CC(O)CCC4(C)C3CCC12C. The van der Waals surface area contributed by atoms with Crippen LogP contribution in [-0.2, 0) is 9.59 Å². The maximum atomic E-state index is 13.4. The molecule has 0 amide bonds. The average molecular weight is 415 g/mol. The molecule has 0 aliphatic heterocycles. The molecule has 1 N–H and O–H groups in total. The number of aldehydes is 1. The molecule has 0 aromatic heterocycles. The molecule has 0 spiro atoms. The number of aliphatic hydroxyl groups excluding tert-OH is 1. The van der Waals surface area contributed by atoms with Gasteiger partial charge < -0.3 is 9.90 Å². The Balaban J connectivity index is 1.52. The molecule has 0 heterocycles. The second-order valence-corrected chi connectivity index (χ2v) is 11.9. The lowest BCUT2D eigenvalue weighted by Crippen LogP contribution is -2.53. The summed E-state index contributed by atoms with van der Waals surface area (Å²) in [7, 11) is 0. The molecule has 0 radical (unpaired) electrons. The number of fused-ring (bicyclic) bond motifs is 5. The maximum absolute atomic E-state index is 13.4. The molecule has 9 atom stereocenters. The molecule has 0 aromatic carbocycles. The Labute approximate surface area is 183 Å². The topological polar surface area (TPSA) is 54.4 Å². The van der Waals surface area contributed by atoms with E-state index in [9.17, 15) is 14.7 Å². The van der Waals surface area contributed by atoms with E-state index in [1.165, 1.54) is 37.7 Å². The number of carbonyl (C=O) groups excluding carboxylic acids is 2. The van der Waals surface area contributed by atoms with Crippen LogP contribution in [0.25, 0.3) is 0 Å². The fourth-order valence-electron chi connectivity index (χ4n) is 8.39. The fourth-order valence-corrected chi connectivity index (χ4v) is 8.39. The molecule has 168 valence electrons. The van der Waals surface area contributed by atoms with Gasteiger partial charge in [0.1, 0.15) is 6.29 Å². The number of aliphatic hydroxyl groups is 1. The molecular formula is C27H42O3. The summed E-state index contributed by atoms with van der Waals surface area (Å²) in [5.74, 6) is 3.10. The first-order valence-electron chi connectivity index (χ1n) is 12.6. The molecule has 4 aliphatic rings. The highest BCUT2D eigenvalue weighted by molar-refractivity contribution is 5.94. The van der Waals surface area contributed by atoms with Crippen molar-refractivity contribution in [1.82, 2.24) is 0 Å². The smallest absolute Gasteiger partial charge is 0.159 e. The number of hydrogen-bond acceptors (Lipinski definition) is 3. The van der Waals surface area contributed by atoms with Gasteiger partial charge in [-0.15, -0.1) is 0 Å². The fraction of sp³-hybridized carbons (Fsp3) is 0.852. The van der Waals surface area contributed by atoms with Gasteiger partial charge in [0.25, 0.3) is 0 Å². The number of hydrogen-bond donors (Lipinski definition) is 1. The third-order valence-electron chi connectivity index (χ3n) is 10.2. The average Bonchev–Trinajstić information content (AvgIpc) is 3.06. The summed E-state index contributed by atoms with van der Waals surface area (Å²) in [4.78, 5) is 24.3. The van der Waals surface area contributed by atoms with Gasteiger partial charge in [-0.05, 0) is 91.9 Å². The zero-order valence-electron chi connectivity index (χ0n) is 19.5. The molecule has 0 aromatic rings. The zero-order chi connectivity index (χ0) is 21.7. The molecule has 30 heavy (non-hydrogen) atoms. The Morgan fingerprint density at radius 1 is 1.10 bits per heavy atom. The van der Waals surface area contributed by atoms with Gasteiger partial charge in [-0.2, -0.15) is 0 Å². The molecule has 0 saturated heterocycles. The Bertz CT molecular complexity index is 711. The quantitative estimate of drug-likeness (QED) is 0.563. The molecule has 4 rings (SSSR count). The lowest BCUT2D eigenvalue weighted by molar-refractivity contribution is -0.135. The normalized spacial score (nSPS) is 45.0. The number of rotatable bonds is 6. The Kier molecular flexibility index (Phi) is 6.07. The standard InChI is InChI=1S/C27H42O3/c1-17(16-28)6-5-7-18(2)21-8-9-22-25-23(11-13-27(21,22)4)26(3)12-10-20(29)14-19(26)15-24(25)30/h15-18,20-23,25,29H,5-14H2,1-4H3. The van der Waals surface area contributed by atoms with Crippen LogP contribution < -0.4 is 0 Å². The van der Waals surface area contributed by atoms with Gasteiger partial charge in [0.05, 0.1) is 6.10 Å². The van der Waals surface area contributed by atoms with Gasteiger partial charge in [0.15, 0.2) is 5.78 Å². The number of carbonyl (C=O) groups is 2. The summed E-state index contributed by atoms with van der Waals surface area (Å²) in [5, 5.41) is 10.2. The van der Waals surface area contributed by atoms with Gasteiger partial charge in [-0.1, -0.05) is 46.1 Å². The summed E-state index contributed by atoms with van der Waals surface area (Å²) in [6, 6.07) is 0. The van der Waals surface area contributed by atoms with E-state index in [1.807, 2.05) is 13.0 Å². The molecule has 3 fully saturated rings.